The van der Waals surface area contributed by atoms with Crippen LogP contribution in [0.5, 0.6) is 0 Å². The highest BCUT2D eigenvalue weighted by molar-refractivity contribution is 7.90. The van der Waals surface area contributed by atoms with E-state index in [2.05, 4.69) is 14.7 Å². The lowest BCUT2D eigenvalue weighted by Crippen LogP contribution is -2.34. The number of fused-ring (bicyclic) bond motifs is 1. The number of pyridine rings is 2. The number of nitrogens with one attached hydrogen (secondary N) is 1. The maximum Gasteiger partial charge on any atom is 0.301 e. The van der Waals surface area contributed by atoms with E-state index >= 15 is 0 Å². The van der Waals surface area contributed by atoms with Gasteiger partial charge in [0.25, 0.3) is 0 Å². The van der Waals surface area contributed by atoms with Gasteiger partial charge >= 0.3 is 10.2 Å². The Morgan fingerprint density at radius 1 is 1.12 bits per heavy atom. The molecule has 8 nitrogen and oxygen atoms in total. The Labute approximate surface area is 194 Å². The fraction of sp³-hybridized carbons (Fsp3) is 0.364. The molecule has 2 aromatic heterocycles. The van der Waals surface area contributed by atoms with E-state index in [-0.39, 0.29) is 48.6 Å². The lowest BCUT2D eigenvalue weighted by molar-refractivity contribution is 0.189. The van der Waals surface area contributed by atoms with Crippen molar-refractivity contribution in [3.63, 3.8) is 0 Å². The summed E-state index contributed by atoms with van der Waals surface area (Å²) in [4.78, 5) is 10.3. The zero-order valence-electron chi connectivity index (χ0n) is 17.9. The predicted octanol–water partition coefficient (Wildman–Crippen LogP) is 2.92. The number of nitrogens with zero attached hydrogens (tertiary/aromatic N) is 4. The molecule has 0 aliphatic carbocycles. The Hall–Kier alpha value is -2.96. The number of halogens is 3. The first-order valence-corrected chi connectivity index (χ1v) is 12.2. The van der Waals surface area contributed by atoms with Crippen molar-refractivity contribution in [3.8, 4) is 0 Å². The van der Waals surface area contributed by atoms with Crippen molar-refractivity contribution in [3.05, 3.63) is 59.8 Å². The topological polar surface area (TPSA) is 98.7 Å². The summed E-state index contributed by atoms with van der Waals surface area (Å²) in [6.07, 6.45) is -0.265. The Balaban J connectivity index is 1.52. The molecule has 34 heavy (non-hydrogen) atoms. The second kappa shape index (κ2) is 8.67. The summed E-state index contributed by atoms with van der Waals surface area (Å²) in [5.41, 5.74) is 0.818. The predicted molar refractivity (Wildman–Crippen MR) is 120 cm³/mol. The highest BCUT2D eigenvalue weighted by Gasteiger charge is 2.36. The maximum absolute atomic E-state index is 14.5. The van der Waals surface area contributed by atoms with E-state index in [0.717, 1.165) is 22.5 Å². The summed E-state index contributed by atoms with van der Waals surface area (Å²) in [5, 5.41) is 9.69. The molecule has 2 N–H and O–H groups in total. The summed E-state index contributed by atoms with van der Waals surface area (Å²) in [5.74, 6) is -0.987. The van der Waals surface area contributed by atoms with Gasteiger partial charge in [-0.15, -0.1) is 0 Å². The highest BCUT2D eigenvalue weighted by atomic mass is 32.2. The molecule has 0 unspecified atom stereocenters. The van der Waals surface area contributed by atoms with Gasteiger partial charge in [-0.1, -0.05) is 0 Å². The molecular formula is C22H22F3N5O3S. The third-order valence-corrected chi connectivity index (χ3v) is 7.62. The van der Waals surface area contributed by atoms with E-state index in [4.69, 9.17) is 0 Å². The number of aromatic nitrogens is 2. The van der Waals surface area contributed by atoms with E-state index in [1.54, 1.807) is 17.0 Å². The summed E-state index contributed by atoms with van der Waals surface area (Å²) in [6.45, 7) is 0.0976. The first-order valence-electron chi connectivity index (χ1n) is 10.8. The van der Waals surface area contributed by atoms with Gasteiger partial charge in [0.05, 0.1) is 29.9 Å². The molecule has 0 bridgehead atoms. The minimum absolute atomic E-state index is 0.0103. The SMILES string of the molecule is O=S(=O)(Nc1ccnc2ccc(N3C[C@@H](F)C[C@@H]3c3cc(F)ccc3F)nc12)N1CC[C@H](O)C1. The van der Waals surface area contributed by atoms with Crippen LogP contribution in [0.1, 0.15) is 24.4 Å². The number of benzene rings is 1. The smallest absolute Gasteiger partial charge is 0.301 e. The number of aliphatic hydroxyl groups is 1. The van der Waals surface area contributed by atoms with E-state index in [0.29, 0.717) is 11.9 Å². The molecule has 4 heterocycles. The Morgan fingerprint density at radius 2 is 1.94 bits per heavy atom. The molecule has 12 heteroatoms. The molecule has 3 aromatic rings. The van der Waals surface area contributed by atoms with Crippen LogP contribution in [-0.2, 0) is 10.2 Å². The monoisotopic (exact) mass is 493 g/mol. The minimum atomic E-state index is -3.95. The summed E-state index contributed by atoms with van der Waals surface area (Å²) < 4.78 is 71.9. The van der Waals surface area contributed by atoms with E-state index in [1.807, 2.05) is 0 Å². The van der Waals surface area contributed by atoms with Crippen LogP contribution in [0.3, 0.4) is 0 Å². The summed E-state index contributed by atoms with van der Waals surface area (Å²) in [6, 6.07) is 6.94. The number of hydrogen-bond donors (Lipinski definition) is 2. The van der Waals surface area contributed by atoms with Gasteiger partial charge in [-0.2, -0.15) is 12.7 Å². The van der Waals surface area contributed by atoms with Gasteiger partial charge in [0.15, 0.2) is 0 Å². The number of aliphatic hydroxyl groups excluding tert-OH is 1. The van der Waals surface area contributed by atoms with E-state index in [9.17, 15) is 26.7 Å². The quantitative estimate of drug-likeness (QED) is 0.567. The molecular weight excluding hydrogens is 471 g/mol. The molecule has 2 saturated heterocycles. The van der Waals surface area contributed by atoms with Crippen molar-refractivity contribution >= 4 is 32.7 Å². The van der Waals surface area contributed by atoms with Crippen LogP contribution >= 0.6 is 0 Å². The molecule has 5 rings (SSSR count). The van der Waals surface area contributed by atoms with Crippen LogP contribution in [0.2, 0.25) is 0 Å². The Kier molecular flexibility index (Phi) is 5.82. The van der Waals surface area contributed by atoms with E-state index < -0.39 is 40.2 Å². The zero-order valence-corrected chi connectivity index (χ0v) is 18.7. The molecule has 2 aliphatic heterocycles. The number of anilines is 2. The van der Waals surface area contributed by atoms with Gasteiger partial charge < -0.3 is 10.0 Å². The standard InChI is InChI=1S/C22H22F3N5O3S/c23-13-1-2-17(25)16(9-13)20-10-14(24)11-30(20)21-4-3-18-22(27-21)19(5-7-26-18)28-34(32,33)29-8-6-15(31)12-29/h1-5,7,9,14-15,20,31H,6,8,10-12H2,(H,26,28)/t14-,15-,20+/m0/s1. The van der Waals surface area contributed by atoms with Crippen molar-refractivity contribution in [2.24, 2.45) is 0 Å². The normalized spacial score (nSPS) is 23.6. The van der Waals surface area contributed by atoms with Gasteiger partial charge in [-0.25, -0.2) is 18.2 Å². The lowest BCUT2D eigenvalue weighted by atomic mass is 10.0. The Bertz CT molecular complexity index is 1340. The van der Waals surface area contributed by atoms with Crippen molar-refractivity contribution in [1.29, 1.82) is 0 Å². The van der Waals surface area contributed by atoms with Crippen LogP contribution in [0, 0.1) is 11.6 Å². The Morgan fingerprint density at radius 3 is 2.71 bits per heavy atom. The average molecular weight is 494 g/mol. The summed E-state index contributed by atoms with van der Waals surface area (Å²) >= 11 is 0. The molecule has 0 saturated carbocycles. The second-order valence-electron chi connectivity index (χ2n) is 8.47. The first kappa shape index (κ1) is 22.8. The molecule has 0 amide bonds. The second-order valence-corrected chi connectivity index (χ2v) is 10.1. The number of β-amino-alcohol motifs (C(OH)–C–C–N with tert-alkyl or cyclic N) is 1. The maximum atomic E-state index is 14.5. The largest absolute Gasteiger partial charge is 0.392 e. The van der Waals surface area contributed by atoms with Crippen LogP contribution in [0.25, 0.3) is 11.0 Å². The molecule has 1 aromatic carbocycles. The first-order chi connectivity index (χ1) is 16.2. The molecule has 0 spiro atoms. The van der Waals surface area contributed by atoms with Crippen molar-refractivity contribution in [1.82, 2.24) is 14.3 Å². The molecule has 3 atom stereocenters. The van der Waals surface area contributed by atoms with Gasteiger partial charge in [-0.3, -0.25) is 9.71 Å². The van der Waals surface area contributed by atoms with Gasteiger partial charge in [0, 0.05) is 31.3 Å². The minimum Gasteiger partial charge on any atom is -0.392 e. The van der Waals surface area contributed by atoms with E-state index in [1.165, 1.54) is 12.3 Å². The van der Waals surface area contributed by atoms with Crippen LogP contribution in [-0.4, -0.2) is 59.7 Å². The lowest BCUT2D eigenvalue weighted by Gasteiger charge is -2.26. The van der Waals surface area contributed by atoms with Crippen molar-refractivity contribution in [2.45, 2.75) is 31.2 Å². The molecule has 2 fully saturated rings. The van der Waals surface area contributed by atoms with Gasteiger partial charge in [0.1, 0.15) is 29.1 Å². The fourth-order valence-corrected chi connectivity index (χ4v) is 5.78. The number of alkyl halides is 1. The molecule has 180 valence electrons. The van der Waals surface area contributed by atoms with Crippen molar-refractivity contribution in [2.75, 3.05) is 29.3 Å². The fourth-order valence-electron chi connectivity index (χ4n) is 4.49. The van der Waals surface area contributed by atoms with Crippen molar-refractivity contribution < 1.29 is 26.7 Å². The highest BCUT2D eigenvalue weighted by Crippen LogP contribution is 2.39. The van der Waals surface area contributed by atoms with Gasteiger partial charge in [0.2, 0.25) is 0 Å². The van der Waals surface area contributed by atoms with Gasteiger partial charge in [-0.05, 0) is 42.8 Å². The summed E-state index contributed by atoms with van der Waals surface area (Å²) in [7, 11) is -3.95. The molecule has 2 aliphatic rings. The zero-order chi connectivity index (χ0) is 24.0. The van der Waals surface area contributed by atoms with Crippen LogP contribution in [0.4, 0.5) is 24.7 Å². The molecule has 0 radical (unpaired) electrons. The van der Waals surface area contributed by atoms with Crippen LogP contribution in [0.15, 0.2) is 42.6 Å². The number of rotatable bonds is 5. The average Bonchev–Trinajstić information content (AvgIpc) is 3.41. The third-order valence-electron chi connectivity index (χ3n) is 6.14. The third kappa shape index (κ3) is 4.28. The number of hydrogen-bond acceptors (Lipinski definition) is 6. The van der Waals surface area contributed by atoms with Crippen LogP contribution < -0.4 is 9.62 Å².